The summed E-state index contributed by atoms with van der Waals surface area (Å²) in [7, 11) is 0. The second kappa shape index (κ2) is 5.96. The summed E-state index contributed by atoms with van der Waals surface area (Å²) in [4.78, 5) is 31.5. The van der Waals surface area contributed by atoms with Crippen molar-refractivity contribution >= 4 is 23.6 Å². The van der Waals surface area contributed by atoms with E-state index in [2.05, 4.69) is 11.8 Å². The van der Waals surface area contributed by atoms with Crippen LogP contribution in [0, 0.1) is 0 Å². The first-order chi connectivity index (χ1) is 11.1. The normalized spacial score (nSPS) is 36.0. The molecule has 6 heteroatoms. The molecule has 0 bridgehead atoms. The smallest absolute Gasteiger partial charge is 0.246 e. The number of carbonyl (C=O) groups excluding carboxylic acids is 2. The zero-order valence-corrected chi connectivity index (χ0v) is 14.8. The molecular weight excluding hydrogens is 310 g/mol. The minimum Gasteiger partial charge on any atom is -0.338 e. The lowest BCUT2D eigenvalue weighted by Crippen LogP contribution is -2.57. The van der Waals surface area contributed by atoms with Crippen molar-refractivity contribution in [3.05, 3.63) is 0 Å². The Labute approximate surface area is 142 Å². The molecule has 4 rings (SSSR count). The zero-order valence-electron chi connectivity index (χ0n) is 14.0. The number of piperazine rings is 1. The van der Waals surface area contributed by atoms with E-state index < -0.39 is 0 Å². The van der Waals surface area contributed by atoms with Crippen molar-refractivity contribution in [3.63, 3.8) is 0 Å². The Morgan fingerprint density at radius 3 is 2.57 bits per heavy atom. The topological polar surface area (TPSA) is 43.9 Å². The highest BCUT2D eigenvalue weighted by atomic mass is 32.2. The molecule has 1 aliphatic carbocycles. The van der Waals surface area contributed by atoms with Crippen molar-refractivity contribution in [2.75, 3.05) is 31.9 Å². The van der Waals surface area contributed by atoms with Crippen molar-refractivity contribution in [3.8, 4) is 0 Å². The monoisotopic (exact) mass is 337 g/mol. The molecule has 0 aromatic rings. The Balaban J connectivity index is 1.38. The standard InChI is InChI=1S/C17H27N3O2S/c1-17-7-6-15(21)20(17)14(12-23-17)16(22)19-10-8-18(9-11-19)13-4-2-3-5-13/h13-14H,2-12H2,1H3. The van der Waals surface area contributed by atoms with E-state index in [9.17, 15) is 9.59 Å². The molecule has 0 N–H and O–H groups in total. The van der Waals surface area contributed by atoms with E-state index in [0.717, 1.165) is 44.4 Å². The van der Waals surface area contributed by atoms with Gasteiger partial charge in [0.15, 0.2) is 0 Å². The van der Waals surface area contributed by atoms with Gasteiger partial charge in [-0.25, -0.2) is 0 Å². The molecule has 0 spiro atoms. The average molecular weight is 337 g/mol. The largest absolute Gasteiger partial charge is 0.338 e. The van der Waals surface area contributed by atoms with Crippen LogP contribution < -0.4 is 0 Å². The number of hydrogen-bond donors (Lipinski definition) is 0. The van der Waals surface area contributed by atoms with Gasteiger partial charge in [-0.1, -0.05) is 12.8 Å². The van der Waals surface area contributed by atoms with Gasteiger partial charge in [-0.15, -0.1) is 11.8 Å². The molecule has 4 aliphatic rings. The summed E-state index contributed by atoms with van der Waals surface area (Å²) in [6, 6.07) is 0.524. The van der Waals surface area contributed by atoms with E-state index in [1.807, 2.05) is 9.80 Å². The van der Waals surface area contributed by atoms with Gasteiger partial charge in [-0.2, -0.15) is 0 Å². The fourth-order valence-corrected chi connectivity index (χ4v) is 6.21. The summed E-state index contributed by atoms with van der Waals surface area (Å²) in [5.41, 5.74) is 0. The van der Waals surface area contributed by atoms with Crippen LogP contribution in [0.25, 0.3) is 0 Å². The van der Waals surface area contributed by atoms with Gasteiger partial charge in [-0.05, 0) is 26.2 Å². The molecule has 5 nitrogen and oxygen atoms in total. The number of amides is 2. The molecule has 1 saturated carbocycles. The molecule has 4 fully saturated rings. The van der Waals surface area contributed by atoms with Gasteiger partial charge in [0.1, 0.15) is 6.04 Å². The first-order valence-electron chi connectivity index (χ1n) is 9.07. The van der Waals surface area contributed by atoms with Crippen molar-refractivity contribution in [2.45, 2.75) is 62.4 Å². The van der Waals surface area contributed by atoms with Crippen molar-refractivity contribution in [1.29, 1.82) is 0 Å². The molecule has 0 aromatic heterocycles. The second-order valence-electron chi connectivity index (χ2n) is 7.57. The lowest BCUT2D eigenvalue weighted by atomic mass is 10.1. The third-order valence-electron chi connectivity index (χ3n) is 6.20. The molecule has 128 valence electrons. The lowest BCUT2D eigenvalue weighted by molar-refractivity contribution is -0.145. The van der Waals surface area contributed by atoms with E-state index >= 15 is 0 Å². The molecule has 2 unspecified atom stereocenters. The van der Waals surface area contributed by atoms with Gasteiger partial charge in [-0.3, -0.25) is 14.5 Å². The van der Waals surface area contributed by atoms with Crippen molar-refractivity contribution in [1.82, 2.24) is 14.7 Å². The summed E-state index contributed by atoms with van der Waals surface area (Å²) in [6.07, 6.45) is 6.86. The van der Waals surface area contributed by atoms with Crippen molar-refractivity contribution < 1.29 is 9.59 Å². The van der Waals surface area contributed by atoms with E-state index in [4.69, 9.17) is 0 Å². The SMILES string of the molecule is CC12CCC(=O)N1C(C(=O)N1CCN(C3CCCC3)CC1)CS2. The van der Waals surface area contributed by atoms with Crippen LogP contribution in [0.15, 0.2) is 0 Å². The van der Waals surface area contributed by atoms with Crippen LogP contribution in [0.5, 0.6) is 0 Å². The molecular formula is C17H27N3O2S. The quantitative estimate of drug-likeness (QED) is 0.766. The molecule has 3 heterocycles. The summed E-state index contributed by atoms with van der Waals surface area (Å²) in [5, 5.41) is 0. The third-order valence-corrected chi connectivity index (χ3v) is 7.70. The average Bonchev–Trinajstić information content (AvgIpc) is 3.26. The fraction of sp³-hybridized carbons (Fsp3) is 0.882. The number of nitrogens with zero attached hydrogens (tertiary/aromatic N) is 3. The predicted octanol–water partition coefficient (Wildman–Crippen LogP) is 1.53. The van der Waals surface area contributed by atoms with E-state index in [1.165, 1.54) is 25.7 Å². The zero-order chi connectivity index (χ0) is 16.0. The highest BCUT2D eigenvalue weighted by molar-refractivity contribution is 8.01. The van der Waals surface area contributed by atoms with Crippen LogP contribution in [-0.2, 0) is 9.59 Å². The number of hydrogen-bond acceptors (Lipinski definition) is 4. The molecule has 3 saturated heterocycles. The molecule has 2 atom stereocenters. The Morgan fingerprint density at radius 2 is 1.87 bits per heavy atom. The van der Waals surface area contributed by atoms with Crippen LogP contribution in [0.1, 0.15) is 45.4 Å². The van der Waals surface area contributed by atoms with Crippen LogP contribution in [0.2, 0.25) is 0 Å². The fourth-order valence-electron chi connectivity index (χ4n) is 4.79. The van der Waals surface area contributed by atoms with E-state index in [-0.39, 0.29) is 22.7 Å². The molecule has 0 aromatic carbocycles. The van der Waals surface area contributed by atoms with Gasteiger partial charge in [0, 0.05) is 44.4 Å². The number of thioether (sulfide) groups is 1. The lowest BCUT2D eigenvalue weighted by Gasteiger charge is -2.40. The maximum absolute atomic E-state index is 13.0. The van der Waals surface area contributed by atoms with E-state index in [1.54, 1.807) is 11.8 Å². The first-order valence-corrected chi connectivity index (χ1v) is 10.1. The van der Waals surface area contributed by atoms with Crippen LogP contribution >= 0.6 is 11.8 Å². The summed E-state index contributed by atoms with van der Waals surface area (Å²) < 4.78 is 0. The Morgan fingerprint density at radius 1 is 1.17 bits per heavy atom. The Bertz CT molecular complexity index is 500. The highest BCUT2D eigenvalue weighted by Gasteiger charge is 2.53. The Kier molecular flexibility index (Phi) is 4.08. The molecule has 23 heavy (non-hydrogen) atoms. The van der Waals surface area contributed by atoms with Gasteiger partial charge >= 0.3 is 0 Å². The summed E-state index contributed by atoms with van der Waals surface area (Å²) >= 11 is 1.79. The molecule has 2 amide bonds. The minimum atomic E-state index is -0.224. The summed E-state index contributed by atoms with van der Waals surface area (Å²) in [5.74, 6) is 1.12. The number of fused-ring (bicyclic) bond motifs is 1. The maximum Gasteiger partial charge on any atom is 0.246 e. The van der Waals surface area contributed by atoms with Gasteiger partial charge < -0.3 is 9.80 Å². The van der Waals surface area contributed by atoms with Crippen LogP contribution in [0.3, 0.4) is 0 Å². The van der Waals surface area contributed by atoms with Crippen LogP contribution in [-0.4, -0.2) is 75.4 Å². The molecule has 0 radical (unpaired) electrons. The van der Waals surface area contributed by atoms with Gasteiger partial charge in [0.05, 0.1) is 4.87 Å². The van der Waals surface area contributed by atoms with E-state index in [0.29, 0.717) is 6.42 Å². The van der Waals surface area contributed by atoms with Gasteiger partial charge in [0.25, 0.3) is 0 Å². The second-order valence-corrected chi connectivity index (χ2v) is 9.07. The van der Waals surface area contributed by atoms with Crippen LogP contribution in [0.4, 0.5) is 0 Å². The third kappa shape index (κ3) is 2.68. The summed E-state index contributed by atoms with van der Waals surface area (Å²) in [6.45, 7) is 5.78. The first kappa shape index (κ1) is 15.8. The number of rotatable bonds is 2. The predicted molar refractivity (Wildman–Crippen MR) is 91.1 cm³/mol. The minimum absolute atomic E-state index is 0.136. The molecule has 3 aliphatic heterocycles. The maximum atomic E-state index is 13.0. The number of carbonyl (C=O) groups is 2. The Hall–Kier alpha value is -0.750. The van der Waals surface area contributed by atoms with Gasteiger partial charge in [0.2, 0.25) is 11.8 Å². The highest BCUT2D eigenvalue weighted by Crippen LogP contribution is 2.47. The van der Waals surface area contributed by atoms with Crippen molar-refractivity contribution in [2.24, 2.45) is 0 Å².